The molecule has 0 spiro atoms. The van der Waals surface area contributed by atoms with Gasteiger partial charge in [0.15, 0.2) is 11.5 Å². The van der Waals surface area contributed by atoms with E-state index in [-0.39, 0.29) is 34.8 Å². The lowest BCUT2D eigenvalue weighted by Gasteiger charge is -2.14. The summed E-state index contributed by atoms with van der Waals surface area (Å²) in [5, 5.41) is 9.73. The van der Waals surface area contributed by atoms with Gasteiger partial charge in [0.1, 0.15) is 15.5 Å². The lowest BCUT2D eigenvalue weighted by molar-refractivity contribution is -0.140. The zero-order valence-electron chi connectivity index (χ0n) is 17.6. The van der Waals surface area contributed by atoms with E-state index in [1.54, 1.807) is 25.1 Å². The Bertz CT molecular complexity index is 1210. The molecule has 3 aromatic rings. The number of rotatable bonds is 8. The summed E-state index contributed by atoms with van der Waals surface area (Å²) in [5.74, 6) is -0.156. The third-order valence-electron chi connectivity index (χ3n) is 4.88. The van der Waals surface area contributed by atoms with Crippen molar-refractivity contribution in [2.75, 3.05) is 21.3 Å². The maximum atomic E-state index is 13.4. The minimum atomic E-state index is -1.11. The summed E-state index contributed by atoms with van der Waals surface area (Å²) in [7, 11) is 4.33. The van der Waals surface area contributed by atoms with E-state index in [9.17, 15) is 19.5 Å². The number of carboxylic acids is 1. The van der Waals surface area contributed by atoms with Crippen LogP contribution in [0.25, 0.3) is 21.6 Å². The fourth-order valence-electron chi connectivity index (χ4n) is 3.31. The van der Waals surface area contributed by atoms with Crippen molar-refractivity contribution in [3.8, 4) is 22.9 Å². The Morgan fingerprint density at radius 1 is 1.16 bits per heavy atom. The number of fused-ring (bicyclic) bond motifs is 1. The molecule has 0 bridgehead atoms. The second kappa shape index (κ2) is 9.17. The van der Waals surface area contributed by atoms with Gasteiger partial charge in [-0.1, -0.05) is 0 Å². The average Bonchev–Trinajstić information content (AvgIpc) is 3.11. The van der Waals surface area contributed by atoms with Crippen LogP contribution in [0.1, 0.15) is 28.1 Å². The second-order valence-corrected chi connectivity index (χ2v) is 7.68. The predicted molar refractivity (Wildman–Crippen MR) is 115 cm³/mol. The van der Waals surface area contributed by atoms with Crippen LogP contribution in [0.4, 0.5) is 0 Å². The van der Waals surface area contributed by atoms with Gasteiger partial charge in [0.05, 0.1) is 26.7 Å². The first-order valence-electron chi connectivity index (χ1n) is 9.38. The van der Waals surface area contributed by atoms with Gasteiger partial charge >= 0.3 is 11.9 Å². The van der Waals surface area contributed by atoms with Crippen LogP contribution in [0.2, 0.25) is 0 Å². The summed E-state index contributed by atoms with van der Waals surface area (Å²) in [6.45, 7) is 1.80. The highest BCUT2D eigenvalue weighted by Crippen LogP contribution is 2.34. The first-order chi connectivity index (χ1) is 14.8. The van der Waals surface area contributed by atoms with E-state index in [4.69, 9.17) is 9.47 Å². The highest BCUT2D eigenvalue weighted by atomic mass is 32.1. The highest BCUT2D eigenvalue weighted by Gasteiger charge is 2.22. The zero-order valence-corrected chi connectivity index (χ0v) is 18.4. The molecule has 1 aromatic carbocycles. The number of carboxylic acid groups (broad SMARTS) is 1. The molecule has 0 aliphatic heterocycles. The number of hydrogen-bond acceptors (Lipinski definition) is 8. The molecule has 0 fully saturated rings. The molecular weight excluding hydrogens is 424 g/mol. The Morgan fingerprint density at radius 2 is 1.87 bits per heavy atom. The normalized spacial score (nSPS) is 10.8. The number of benzene rings is 1. The monoisotopic (exact) mass is 446 g/mol. The van der Waals surface area contributed by atoms with Crippen LogP contribution < -0.4 is 15.0 Å². The summed E-state index contributed by atoms with van der Waals surface area (Å²) >= 11 is 0.960. The summed E-state index contributed by atoms with van der Waals surface area (Å²) in [6.07, 6.45) is 0.490. The van der Waals surface area contributed by atoms with E-state index >= 15 is 0 Å². The molecule has 31 heavy (non-hydrogen) atoms. The molecule has 10 heteroatoms. The third kappa shape index (κ3) is 4.24. The SMILES string of the molecule is COC(=O)CCCn1c(-c2ccc(OC)c(OC)c2)nc2sc(C(=O)O)c(C)c2c1=O. The van der Waals surface area contributed by atoms with Gasteiger partial charge in [-0.05, 0) is 37.1 Å². The molecular formula is C21H22N2O7S. The number of esters is 1. The maximum Gasteiger partial charge on any atom is 0.346 e. The number of hydrogen-bond donors (Lipinski definition) is 1. The Morgan fingerprint density at radius 3 is 2.48 bits per heavy atom. The van der Waals surface area contributed by atoms with Gasteiger partial charge in [-0.2, -0.15) is 0 Å². The van der Waals surface area contributed by atoms with Crippen molar-refractivity contribution in [3.63, 3.8) is 0 Å². The molecule has 9 nitrogen and oxygen atoms in total. The summed E-state index contributed by atoms with van der Waals surface area (Å²) in [4.78, 5) is 41.5. The van der Waals surface area contributed by atoms with E-state index in [1.807, 2.05) is 0 Å². The Kier molecular flexibility index (Phi) is 6.59. The lowest BCUT2D eigenvalue weighted by atomic mass is 10.1. The van der Waals surface area contributed by atoms with Crippen LogP contribution in [0, 0.1) is 6.92 Å². The molecule has 0 saturated heterocycles. The fourth-order valence-corrected chi connectivity index (χ4v) is 4.32. The topological polar surface area (TPSA) is 117 Å². The number of aromatic nitrogens is 2. The predicted octanol–water partition coefficient (Wildman–Crippen LogP) is 3.10. The zero-order chi connectivity index (χ0) is 22.7. The van der Waals surface area contributed by atoms with E-state index in [1.165, 1.54) is 25.9 Å². The number of aryl methyl sites for hydroxylation is 1. The van der Waals surface area contributed by atoms with Crippen molar-refractivity contribution in [2.45, 2.75) is 26.3 Å². The largest absolute Gasteiger partial charge is 0.493 e. The van der Waals surface area contributed by atoms with Crippen LogP contribution >= 0.6 is 11.3 Å². The first-order valence-corrected chi connectivity index (χ1v) is 10.2. The average molecular weight is 446 g/mol. The molecule has 0 aliphatic rings. The first kappa shape index (κ1) is 22.3. The molecule has 0 amide bonds. The number of aromatic carboxylic acids is 1. The van der Waals surface area contributed by atoms with Crippen molar-refractivity contribution in [1.82, 2.24) is 9.55 Å². The van der Waals surface area contributed by atoms with Gasteiger partial charge in [0, 0.05) is 18.5 Å². The Balaban J connectivity index is 2.22. The minimum Gasteiger partial charge on any atom is -0.493 e. The molecule has 3 rings (SSSR count). The van der Waals surface area contributed by atoms with Gasteiger partial charge in [-0.15, -0.1) is 11.3 Å². The maximum absolute atomic E-state index is 13.4. The van der Waals surface area contributed by atoms with Crippen LogP contribution in [-0.4, -0.2) is 47.9 Å². The summed E-state index contributed by atoms with van der Waals surface area (Å²) in [5.41, 5.74) is 0.615. The van der Waals surface area contributed by atoms with Crippen molar-refractivity contribution >= 4 is 33.5 Å². The van der Waals surface area contributed by atoms with Gasteiger partial charge in [0.2, 0.25) is 0 Å². The molecule has 0 radical (unpaired) electrons. The second-order valence-electron chi connectivity index (χ2n) is 6.68. The van der Waals surface area contributed by atoms with E-state index in [0.717, 1.165) is 11.3 Å². The van der Waals surface area contributed by atoms with E-state index in [0.29, 0.717) is 39.7 Å². The van der Waals surface area contributed by atoms with Crippen molar-refractivity contribution in [2.24, 2.45) is 0 Å². The van der Waals surface area contributed by atoms with Gasteiger partial charge in [-0.3, -0.25) is 14.2 Å². The van der Waals surface area contributed by atoms with Crippen LogP contribution in [-0.2, 0) is 16.1 Å². The van der Waals surface area contributed by atoms with E-state index in [2.05, 4.69) is 9.72 Å². The number of carbonyl (C=O) groups excluding carboxylic acids is 1. The Hall–Kier alpha value is -3.40. The number of carbonyl (C=O) groups is 2. The van der Waals surface area contributed by atoms with Crippen molar-refractivity contribution in [3.05, 3.63) is 39.0 Å². The molecule has 0 saturated carbocycles. The molecule has 2 heterocycles. The third-order valence-corrected chi connectivity index (χ3v) is 6.05. The van der Waals surface area contributed by atoms with Crippen molar-refractivity contribution in [1.29, 1.82) is 0 Å². The molecule has 1 N–H and O–H groups in total. The fraction of sp³-hybridized carbons (Fsp3) is 0.333. The summed E-state index contributed by atoms with van der Waals surface area (Å²) in [6, 6.07) is 5.14. The van der Waals surface area contributed by atoms with E-state index < -0.39 is 5.97 Å². The number of methoxy groups -OCH3 is 3. The van der Waals surface area contributed by atoms with Crippen LogP contribution in [0.5, 0.6) is 11.5 Å². The molecule has 0 unspecified atom stereocenters. The van der Waals surface area contributed by atoms with Crippen LogP contribution in [0.15, 0.2) is 23.0 Å². The number of thiophene rings is 1. The standard InChI is InChI=1S/C21H22N2O7S/c1-11-16-19(31-17(11)21(26)27)22-18(12-7-8-13(28-2)14(10-12)29-3)23(20(16)25)9-5-6-15(24)30-4/h7-8,10H,5-6,9H2,1-4H3,(H,26,27). The summed E-state index contributed by atoms with van der Waals surface area (Å²) < 4.78 is 16.8. The lowest BCUT2D eigenvalue weighted by Crippen LogP contribution is -2.24. The molecule has 2 aromatic heterocycles. The smallest absolute Gasteiger partial charge is 0.346 e. The molecule has 0 atom stereocenters. The van der Waals surface area contributed by atoms with Crippen molar-refractivity contribution < 1.29 is 28.9 Å². The number of ether oxygens (including phenoxy) is 3. The van der Waals surface area contributed by atoms with Gasteiger partial charge < -0.3 is 19.3 Å². The van der Waals surface area contributed by atoms with Gasteiger partial charge in [0.25, 0.3) is 5.56 Å². The van der Waals surface area contributed by atoms with Gasteiger partial charge in [-0.25, -0.2) is 9.78 Å². The van der Waals surface area contributed by atoms with Crippen LogP contribution in [0.3, 0.4) is 0 Å². The highest BCUT2D eigenvalue weighted by molar-refractivity contribution is 7.20. The molecule has 164 valence electrons. The minimum absolute atomic E-state index is 0.0742. The quantitative estimate of drug-likeness (QED) is 0.525. The number of nitrogens with zero attached hydrogens (tertiary/aromatic N) is 2. The Labute approximate surface area is 181 Å². The molecule has 0 aliphatic carbocycles.